The maximum atomic E-state index is 12.7. The van der Waals surface area contributed by atoms with Crippen molar-refractivity contribution in [3.05, 3.63) is 30.1 Å². The third-order valence-corrected chi connectivity index (χ3v) is 2.53. The number of anilines is 1. The average molecular weight is 394 g/mol. The van der Waals surface area contributed by atoms with E-state index in [1.54, 1.807) is 0 Å². The molecule has 0 saturated heterocycles. The molecule has 20 heavy (non-hydrogen) atoms. The minimum Gasteiger partial charge on any atom is -0.370 e. The van der Waals surface area contributed by atoms with Crippen LogP contribution in [0.3, 0.4) is 0 Å². The Kier molecular flexibility index (Phi) is 8.86. The van der Waals surface area contributed by atoms with Crippen molar-refractivity contribution in [3.8, 4) is 0 Å². The molecule has 7 heteroatoms. The van der Waals surface area contributed by atoms with E-state index in [0.717, 1.165) is 6.42 Å². The van der Waals surface area contributed by atoms with Crippen molar-refractivity contribution < 1.29 is 9.18 Å². The molecular weight excluding hydrogens is 374 g/mol. The van der Waals surface area contributed by atoms with Crippen LogP contribution in [0.4, 0.5) is 10.1 Å². The second-order valence-electron chi connectivity index (χ2n) is 4.21. The zero-order chi connectivity index (χ0) is 14.3. The molecule has 1 unspecified atom stereocenters. The standard InChI is InChI=1S/C13H19FN4O.HI/c1-3-9(2)17-13(15)16-8-12(19)18-11-6-4-10(14)5-7-11;/h4-7,9H,3,8H2,1-2H3,(H,18,19)(H3,15,16,17);1H. The summed E-state index contributed by atoms with van der Waals surface area (Å²) in [6.45, 7) is 3.92. The molecule has 112 valence electrons. The number of carbonyl (C=O) groups is 1. The summed E-state index contributed by atoms with van der Waals surface area (Å²) in [4.78, 5) is 15.5. The van der Waals surface area contributed by atoms with Gasteiger partial charge in [0.2, 0.25) is 5.91 Å². The molecule has 0 saturated carbocycles. The number of aliphatic imine (C=N–C) groups is 1. The lowest BCUT2D eigenvalue weighted by atomic mass is 10.3. The summed E-state index contributed by atoms with van der Waals surface area (Å²) >= 11 is 0. The second-order valence-corrected chi connectivity index (χ2v) is 4.21. The maximum absolute atomic E-state index is 12.7. The van der Waals surface area contributed by atoms with Crippen LogP contribution in [0.2, 0.25) is 0 Å². The summed E-state index contributed by atoms with van der Waals surface area (Å²) in [6, 6.07) is 5.73. The van der Waals surface area contributed by atoms with Crippen LogP contribution in [-0.4, -0.2) is 24.5 Å². The number of carbonyl (C=O) groups excluding carboxylic acids is 1. The van der Waals surface area contributed by atoms with E-state index in [0.29, 0.717) is 5.69 Å². The molecule has 0 fully saturated rings. The van der Waals surface area contributed by atoms with Gasteiger partial charge in [0.15, 0.2) is 5.96 Å². The average Bonchev–Trinajstić information content (AvgIpc) is 2.39. The van der Waals surface area contributed by atoms with E-state index in [2.05, 4.69) is 15.6 Å². The summed E-state index contributed by atoms with van der Waals surface area (Å²) in [5.74, 6) is -0.415. The van der Waals surface area contributed by atoms with Gasteiger partial charge >= 0.3 is 0 Å². The number of nitrogens with one attached hydrogen (secondary N) is 2. The number of hydrogen-bond acceptors (Lipinski definition) is 2. The quantitative estimate of drug-likeness (QED) is 0.407. The van der Waals surface area contributed by atoms with E-state index in [1.807, 2.05) is 13.8 Å². The molecule has 0 radical (unpaired) electrons. The Labute approximate surface area is 135 Å². The van der Waals surface area contributed by atoms with E-state index < -0.39 is 0 Å². The maximum Gasteiger partial charge on any atom is 0.246 e. The molecule has 1 amide bonds. The summed E-state index contributed by atoms with van der Waals surface area (Å²) in [6.07, 6.45) is 0.915. The monoisotopic (exact) mass is 394 g/mol. The zero-order valence-electron chi connectivity index (χ0n) is 11.5. The summed E-state index contributed by atoms with van der Waals surface area (Å²) < 4.78 is 12.7. The van der Waals surface area contributed by atoms with Crippen molar-refractivity contribution in [1.29, 1.82) is 0 Å². The highest BCUT2D eigenvalue weighted by Gasteiger charge is 2.03. The Bertz CT molecular complexity index is 450. The molecular formula is C13H20FIN4O. The topological polar surface area (TPSA) is 79.5 Å². The molecule has 0 aromatic heterocycles. The van der Waals surface area contributed by atoms with Crippen molar-refractivity contribution >= 4 is 41.5 Å². The fraction of sp³-hybridized carbons (Fsp3) is 0.385. The van der Waals surface area contributed by atoms with Gasteiger partial charge in [-0.2, -0.15) is 0 Å². The SMILES string of the molecule is CCC(C)NC(N)=NCC(=O)Nc1ccc(F)cc1.I. The fourth-order valence-electron chi connectivity index (χ4n) is 1.29. The van der Waals surface area contributed by atoms with E-state index >= 15 is 0 Å². The smallest absolute Gasteiger partial charge is 0.246 e. The predicted octanol–water partition coefficient (Wildman–Crippen LogP) is 2.09. The summed E-state index contributed by atoms with van der Waals surface area (Å²) in [5, 5.41) is 5.55. The van der Waals surface area contributed by atoms with Gasteiger partial charge in [0.25, 0.3) is 0 Å². The molecule has 0 spiro atoms. The first-order valence-electron chi connectivity index (χ1n) is 6.13. The van der Waals surface area contributed by atoms with Crippen molar-refractivity contribution in [2.24, 2.45) is 10.7 Å². The highest BCUT2D eigenvalue weighted by Crippen LogP contribution is 2.07. The van der Waals surface area contributed by atoms with Crippen LogP contribution in [-0.2, 0) is 4.79 Å². The van der Waals surface area contributed by atoms with Crippen LogP contribution >= 0.6 is 24.0 Å². The van der Waals surface area contributed by atoms with E-state index in [1.165, 1.54) is 24.3 Å². The Morgan fingerprint density at radius 3 is 2.55 bits per heavy atom. The molecule has 0 heterocycles. The molecule has 1 rings (SSSR count). The Morgan fingerprint density at radius 1 is 1.40 bits per heavy atom. The van der Waals surface area contributed by atoms with Gasteiger partial charge in [0, 0.05) is 11.7 Å². The van der Waals surface area contributed by atoms with Gasteiger partial charge in [0.1, 0.15) is 12.4 Å². The summed E-state index contributed by atoms with van der Waals surface area (Å²) in [7, 11) is 0. The minimum atomic E-state index is -0.349. The molecule has 1 atom stereocenters. The normalized spacial score (nSPS) is 12.2. The zero-order valence-corrected chi connectivity index (χ0v) is 13.9. The van der Waals surface area contributed by atoms with Crippen LogP contribution in [0.25, 0.3) is 0 Å². The Morgan fingerprint density at radius 2 is 2.00 bits per heavy atom. The lowest BCUT2D eigenvalue weighted by Gasteiger charge is -2.11. The molecule has 1 aromatic carbocycles. The van der Waals surface area contributed by atoms with Crippen LogP contribution in [0.5, 0.6) is 0 Å². The third kappa shape index (κ3) is 7.27. The van der Waals surface area contributed by atoms with E-state index in [4.69, 9.17) is 5.73 Å². The molecule has 0 aliphatic rings. The fourth-order valence-corrected chi connectivity index (χ4v) is 1.29. The number of rotatable bonds is 5. The van der Waals surface area contributed by atoms with Crippen molar-refractivity contribution in [3.63, 3.8) is 0 Å². The van der Waals surface area contributed by atoms with Gasteiger partial charge < -0.3 is 16.4 Å². The highest BCUT2D eigenvalue weighted by molar-refractivity contribution is 14.0. The summed E-state index contributed by atoms with van der Waals surface area (Å²) in [5.41, 5.74) is 6.14. The molecule has 0 aliphatic carbocycles. The van der Waals surface area contributed by atoms with E-state index in [-0.39, 0.29) is 54.2 Å². The number of guanidine groups is 1. The number of nitrogens with two attached hydrogens (primary N) is 1. The lowest BCUT2D eigenvalue weighted by molar-refractivity contribution is -0.114. The Hall–Kier alpha value is -1.38. The van der Waals surface area contributed by atoms with Gasteiger partial charge in [-0.05, 0) is 37.6 Å². The van der Waals surface area contributed by atoms with Crippen LogP contribution < -0.4 is 16.4 Å². The van der Waals surface area contributed by atoms with Crippen molar-refractivity contribution in [2.75, 3.05) is 11.9 Å². The largest absolute Gasteiger partial charge is 0.370 e. The molecule has 5 nitrogen and oxygen atoms in total. The van der Waals surface area contributed by atoms with Crippen molar-refractivity contribution in [2.45, 2.75) is 26.3 Å². The van der Waals surface area contributed by atoms with E-state index in [9.17, 15) is 9.18 Å². The van der Waals surface area contributed by atoms with Crippen LogP contribution in [0.15, 0.2) is 29.3 Å². The molecule has 1 aromatic rings. The number of hydrogen-bond donors (Lipinski definition) is 3. The predicted molar refractivity (Wildman–Crippen MR) is 89.8 cm³/mol. The number of benzene rings is 1. The molecule has 0 aliphatic heterocycles. The molecule has 0 bridgehead atoms. The van der Waals surface area contributed by atoms with Crippen LogP contribution in [0, 0.1) is 5.82 Å². The lowest BCUT2D eigenvalue weighted by Crippen LogP contribution is -2.38. The first-order chi connectivity index (χ1) is 9.01. The van der Waals surface area contributed by atoms with Gasteiger partial charge in [-0.3, -0.25) is 4.79 Å². The minimum absolute atomic E-state index is 0. The number of amides is 1. The first-order valence-corrected chi connectivity index (χ1v) is 6.13. The third-order valence-electron chi connectivity index (χ3n) is 2.53. The highest BCUT2D eigenvalue weighted by atomic mass is 127. The first kappa shape index (κ1) is 18.6. The Balaban J connectivity index is 0.00000361. The van der Waals surface area contributed by atoms with Gasteiger partial charge in [-0.25, -0.2) is 9.38 Å². The number of nitrogens with zero attached hydrogens (tertiary/aromatic N) is 1. The van der Waals surface area contributed by atoms with Gasteiger partial charge in [-0.1, -0.05) is 6.92 Å². The number of halogens is 2. The van der Waals surface area contributed by atoms with Gasteiger partial charge in [0.05, 0.1) is 0 Å². The second kappa shape index (κ2) is 9.51. The van der Waals surface area contributed by atoms with Crippen molar-refractivity contribution in [1.82, 2.24) is 5.32 Å². The van der Waals surface area contributed by atoms with Gasteiger partial charge in [-0.15, -0.1) is 24.0 Å². The van der Waals surface area contributed by atoms with Crippen LogP contribution in [0.1, 0.15) is 20.3 Å². The molecule has 4 N–H and O–H groups in total.